The van der Waals surface area contributed by atoms with Crippen LogP contribution in [0, 0.1) is 6.92 Å². The number of nitrogens with zero attached hydrogens (tertiary/aromatic N) is 2. The first kappa shape index (κ1) is 24.7. The van der Waals surface area contributed by atoms with Crippen LogP contribution in [0.25, 0.3) is 16.8 Å². The van der Waals surface area contributed by atoms with E-state index < -0.39 is 23.2 Å². The number of aromatic nitrogens is 1. The third-order valence-electron chi connectivity index (χ3n) is 6.03. The highest BCUT2D eigenvalue weighted by Crippen LogP contribution is 2.31. The fraction of sp³-hybridized carbons (Fsp3) is 0.308. The molecule has 1 aliphatic heterocycles. The number of benzene rings is 2. The minimum Gasteiger partial charge on any atom is -0.379 e. The number of carbonyl (C=O) groups excluding carboxylic acids is 1. The second kappa shape index (κ2) is 10.5. The highest BCUT2D eigenvalue weighted by atomic mass is 19.4. The molecule has 184 valence electrons. The first-order valence-corrected chi connectivity index (χ1v) is 11.3. The lowest BCUT2D eigenvalue weighted by molar-refractivity contribution is -0.137. The van der Waals surface area contributed by atoms with Gasteiger partial charge in [-0.2, -0.15) is 13.2 Å². The molecule has 0 radical (unpaired) electrons. The van der Waals surface area contributed by atoms with Crippen LogP contribution in [0.5, 0.6) is 0 Å². The Hall–Kier alpha value is -3.43. The summed E-state index contributed by atoms with van der Waals surface area (Å²) in [6.45, 7) is 5.39. The molecule has 1 amide bonds. The number of amides is 1. The van der Waals surface area contributed by atoms with E-state index in [1.807, 2.05) is 30.3 Å². The molecule has 3 aromatic rings. The van der Waals surface area contributed by atoms with Gasteiger partial charge in [-0.25, -0.2) is 0 Å². The second-order valence-corrected chi connectivity index (χ2v) is 8.32. The molecular weight excluding hydrogens is 459 g/mol. The summed E-state index contributed by atoms with van der Waals surface area (Å²) in [7, 11) is 0. The van der Waals surface area contributed by atoms with Crippen molar-refractivity contribution in [2.45, 2.75) is 13.1 Å². The molecule has 0 bridgehead atoms. The summed E-state index contributed by atoms with van der Waals surface area (Å²) in [4.78, 5) is 28.6. The first-order chi connectivity index (χ1) is 16.8. The second-order valence-electron chi connectivity index (χ2n) is 8.32. The van der Waals surface area contributed by atoms with Crippen molar-refractivity contribution in [2.24, 2.45) is 0 Å². The molecule has 2 aromatic carbocycles. The monoisotopic (exact) mass is 485 g/mol. The summed E-state index contributed by atoms with van der Waals surface area (Å²) < 4.78 is 46.6. The predicted octanol–water partition coefficient (Wildman–Crippen LogP) is 3.89. The highest BCUT2D eigenvalue weighted by molar-refractivity contribution is 5.95. The smallest absolute Gasteiger partial charge is 0.379 e. The van der Waals surface area contributed by atoms with Gasteiger partial charge >= 0.3 is 6.18 Å². The maximum atomic E-state index is 13.4. The lowest BCUT2D eigenvalue weighted by Crippen LogP contribution is -2.42. The topological polar surface area (TPSA) is 63.6 Å². The zero-order valence-corrected chi connectivity index (χ0v) is 19.3. The van der Waals surface area contributed by atoms with Crippen LogP contribution in [0.3, 0.4) is 0 Å². The zero-order chi connectivity index (χ0) is 25.0. The van der Waals surface area contributed by atoms with Gasteiger partial charge in [0.15, 0.2) is 0 Å². The van der Waals surface area contributed by atoms with Gasteiger partial charge in [0, 0.05) is 43.1 Å². The molecule has 1 N–H and O–H groups in total. The molecule has 1 aliphatic rings. The standard InChI is InChI=1S/C26H26F3N3O3/c1-18-22(19-6-3-2-4-7-19)17-23(24(33)30-10-11-31-12-14-35-15-13-31)25(34)32(18)21-9-5-8-20(16-21)26(27,28)29/h2-9,16-17H,10-15H2,1H3,(H,30,33). The molecule has 0 atom stereocenters. The van der Waals surface area contributed by atoms with Gasteiger partial charge in [-0.1, -0.05) is 36.4 Å². The van der Waals surface area contributed by atoms with Crippen molar-refractivity contribution >= 4 is 5.91 Å². The number of nitrogens with one attached hydrogen (secondary N) is 1. The molecule has 6 nitrogen and oxygen atoms in total. The van der Waals surface area contributed by atoms with Crippen molar-refractivity contribution < 1.29 is 22.7 Å². The van der Waals surface area contributed by atoms with Gasteiger partial charge in [0.25, 0.3) is 11.5 Å². The van der Waals surface area contributed by atoms with Crippen molar-refractivity contribution in [2.75, 3.05) is 39.4 Å². The number of halogens is 3. The predicted molar refractivity (Wildman–Crippen MR) is 127 cm³/mol. The van der Waals surface area contributed by atoms with Gasteiger partial charge in [0.1, 0.15) is 5.56 Å². The molecule has 1 fully saturated rings. The third kappa shape index (κ3) is 5.63. The Bertz CT molecular complexity index is 1250. The van der Waals surface area contributed by atoms with Gasteiger partial charge in [-0.3, -0.25) is 19.1 Å². The minimum atomic E-state index is -4.57. The Kier molecular flexibility index (Phi) is 7.37. The highest BCUT2D eigenvalue weighted by Gasteiger charge is 2.31. The summed E-state index contributed by atoms with van der Waals surface area (Å²) >= 11 is 0. The first-order valence-electron chi connectivity index (χ1n) is 11.3. The maximum Gasteiger partial charge on any atom is 0.416 e. The van der Waals surface area contributed by atoms with Crippen molar-refractivity contribution in [1.82, 2.24) is 14.8 Å². The van der Waals surface area contributed by atoms with Crippen LogP contribution in [0.4, 0.5) is 13.2 Å². The number of hydrogen-bond acceptors (Lipinski definition) is 4. The zero-order valence-electron chi connectivity index (χ0n) is 19.3. The number of hydrogen-bond donors (Lipinski definition) is 1. The fourth-order valence-electron chi connectivity index (χ4n) is 4.16. The molecular formula is C26H26F3N3O3. The molecule has 1 aromatic heterocycles. The number of alkyl halides is 3. The minimum absolute atomic E-state index is 0.0440. The van der Waals surface area contributed by atoms with E-state index in [1.165, 1.54) is 22.8 Å². The van der Waals surface area contributed by atoms with Crippen LogP contribution in [0.2, 0.25) is 0 Å². The third-order valence-corrected chi connectivity index (χ3v) is 6.03. The van der Waals surface area contributed by atoms with Gasteiger partial charge in [0.05, 0.1) is 18.8 Å². The average molecular weight is 486 g/mol. The van der Waals surface area contributed by atoms with Crippen molar-refractivity contribution in [3.05, 3.63) is 87.8 Å². The molecule has 0 spiro atoms. The van der Waals surface area contributed by atoms with E-state index in [2.05, 4.69) is 10.2 Å². The summed E-state index contributed by atoms with van der Waals surface area (Å²) in [6, 6.07) is 15.2. The molecule has 1 saturated heterocycles. The van der Waals surface area contributed by atoms with Crippen molar-refractivity contribution in [3.63, 3.8) is 0 Å². The number of pyridine rings is 1. The summed E-state index contributed by atoms with van der Waals surface area (Å²) in [5.74, 6) is -0.568. The van der Waals surface area contributed by atoms with E-state index >= 15 is 0 Å². The van der Waals surface area contributed by atoms with E-state index in [0.29, 0.717) is 37.6 Å². The van der Waals surface area contributed by atoms with Gasteiger partial charge in [0.2, 0.25) is 0 Å². The fourth-order valence-corrected chi connectivity index (χ4v) is 4.16. The molecule has 4 rings (SSSR count). The Morgan fingerprint density at radius 1 is 1.03 bits per heavy atom. The van der Waals surface area contributed by atoms with Crippen LogP contribution in [0.1, 0.15) is 21.6 Å². The largest absolute Gasteiger partial charge is 0.416 e. The Labute approximate surface area is 200 Å². The Morgan fingerprint density at radius 2 is 1.74 bits per heavy atom. The van der Waals surface area contributed by atoms with Gasteiger partial charge < -0.3 is 10.1 Å². The van der Waals surface area contributed by atoms with E-state index in [9.17, 15) is 22.8 Å². The van der Waals surface area contributed by atoms with Crippen LogP contribution >= 0.6 is 0 Å². The van der Waals surface area contributed by atoms with E-state index in [1.54, 1.807) is 6.92 Å². The SMILES string of the molecule is Cc1c(-c2ccccc2)cc(C(=O)NCCN2CCOCC2)c(=O)n1-c1cccc(C(F)(F)F)c1. The maximum absolute atomic E-state index is 13.4. The normalized spacial score (nSPS) is 14.6. The number of rotatable bonds is 6. The number of ether oxygens (including phenoxy) is 1. The lowest BCUT2D eigenvalue weighted by Gasteiger charge is -2.26. The van der Waals surface area contributed by atoms with Gasteiger partial charge in [-0.15, -0.1) is 0 Å². The summed E-state index contributed by atoms with van der Waals surface area (Å²) in [6.07, 6.45) is -4.57. The van der Waals surface area contributed by atoms with E-state index in [-0.39, 0.29) is 11.3 Å². The van der Waals surface area contributed by atoms with Crippen LogP contribution in [0.15, 0.2) is 65.5 Å². The lowest BCUT2D eigenvalue weighted by atomic mass is 10.0. The van der Waals surface area contributed by atoms with Crippen LogP contribution in [-0.4, -0.2) is 54.8 Å². The Balaban J connectivity index is 1.74. The van der Waals surface area contributed by atoms with Crippen molar-refractivity contribution in [1.29, 1.82) is 0 Å². The van der Waals surface area contributed by atoms with Crippen LogP contribution < -0.4 is 10.9 Å². The molecule has 35 heavy (non-hydrogen) atoms. The molecule has 9 heteroatoms. The summed E-state index contributed by atoms with van der Waals surface area (Å²) in [5, 5.41) is 2.78. The molecule has 2 heterocycles. The van der Waals surface area contributed by atoms with Gasteiger partial charge in [-0.05, 0) is 36.8 Å². The quantitative estimate of drug-likeness (QED) is 0.576. The Morgan fingerprint density at radius 3 is 2.43 bits per heavy atom. The number of morpholine rings is 1. The van der Waals surface area contributed by atoms with Crippen molar-refractivity contribution in [3.8, 4) is 16.8 Å². The van der Waals surface area contributed by atoms with E-state index in [0.717, 1.165) is 30.8 Å². The molecule has 0 aliphatic carbocycles. The van der Waals surface area contributed by atoms with E-state index in [4.69, 9.17) is 4.74 Å². The molecule has 0 unspecified atom stereocenters. The average Bonchev–Trinajstić information content (AvgIpc) is 2.85. The van der Waals surface area contributed by atoms with Crippen LogP contribution in [-0.2, 0) is 10.9 Å². The number of carbonyl (C=O) groups is 1. The molecule has 0 saturated carbocycles. The summed E-state index contributed by atoms with van der Waals surface area (Å²) in [5.41, 5.74) is 0.129.